The van der Waals surface area contributed by atoms with E-state index in [9.17, 15) is 0 Å². The summed E-state index contributed by atoms with van der Waals surface area (Å²) < 4.78 is 10.5. The molecule has 0 aliphatic heterocycles. The fourth-order valence-electron chi connectivity index (χ4n) is 3.16. The maximum absolute atomic E-state index is 6.17. The molecule has 0 saturated carbocycles. The Hall–Kier alpha value is -0.940. The van der Waals surface area contributed by atoms with E-state index in [1.165, 1.54) is 11.1 Å². The van der Waals surface area contributed by atoms with Gasteiger partial charge in [0.25, 0.3) is 0 Å². The van der Waals surface area contributed by atoms with Crippen LogP contribution >= 0.6 is 0 Å². The second-order valence-electron chi connectivity index (χ2n) is 5.52. The summed E-state index contributed by atoms with van der Waals surface area (Å²) in [5, 5.41) is 0. The van der Waals surface area contributed by atoms with Crippen molar-refractivity contribution < 1.29 is 9.47 Å². The smallest absolute Gasteiger partial charge is 0.0589 e. The molecule has 0 unspecified atom stereocenters. The maximum atomic E-state index is 6.17. The van der Waals surface area contributed by atoms with E-state index in [1.807, 2.05) is 0 Å². The number of hydrogen-bond donors (Lipinski definition) is 1. The van der Waals surface area contributed by atoms with Crippen LogP contribution in [-0.4, -0.2) is 57.5 Å². The van der Waals surface area contributed by atoms with Crippen LogP contribution in [0, 0.1) is 0 Å². The zero-order chi connectivity index (χ0) is 14.4. The Morgan fingerprint density at radius 3 is 1.95 bits per heavy atom. The van der Waals surface area contributed by atoms with Crippen molar-refractivity contribution in [3.05, 3.63) is 35.4 Å². The fourth-order valence-corrected chi connectivity index (χ4v) is 3.16. The van der Waals surface area contributed by atoms with E-state index in [-0.39, 0.29) is 5.54 Å². The lowest BCUT2D eigenvalue weighted by atomic mass is 9.93. The Bertz CT molecular complexity index is 390. The van der Waals surface area contributed by atoms with Gasteiger partial charge in [0, 0.05) is 39.4 Å². The van der Waals surface area contributed by atoms with Gasteiger partial charge >= 0.3 is 0 Å². The van der Waals surface area contributed by atoms with Crippen LogP contribution in [0.25, 0.3) is 0 Å². The number of nitrogens with zero attached hydrogens (tertiary/aromatic N) is 1. The molecule has 0 heterocycles. The van der Waals surface area contributed by atoms with E-state index < -0.39 is 0 Å². The lowest BCUT2D eigenvalue weighted by molar-refractivity contribution is 0.0417. The molecule has 0 saturated heterocycles. The standard InChI is InChI=1S/C16H26N2O2/c1-19-9-7-18(8-10-20-2)16(13-17)11-14-5-3-4-6-15(14)12-16/h3-6H,7-13,17H2,1-2H3. The number of hydrogen-bond acceptors (Lipinski definition) is 4. The lowest BCUT2D eigenvalue weighted by Gasteiger charge is -2.40. The second kappa shape index (κ2) is 7.18. The van der Waals surface area contributed by atoms with Gasteiger partial charge in [-0.2, -0.15) is 0 Å². The molecule has 1 aliphatic carbocycles. The summed E-state index contributed by atoms with van der Waals surface area (Å²) >= 11 is 0. The molecular formula is C16H26N2O2. The minimum Gasteiger partial charge on any atom is -0.383 e. The number of ether oxygens (including phenoxy) is 2. The van der Waals surface area contributed by atoms with Crippen molar-refractivity contribution in [1.82, 2.24) is 4.90 Å². The highest BCUT2D eigenvalue weighted by atomic mass is 16.5. The first-order chi connectivity index (χ1) is 9.75. The van der Waals surface area contributed by atoms with Crippen LogP contribution < -0.4 is 5.73 Å². The molecule has 0 amide bonds. The van der Waals surface area contributed by atoms with Gasteiger partial charge in [0.15, 0.2) is 0 Å². The molecule has 2 rings (SSSR count). The van der Waals surface area contributed by atoms with Crippen LogP contribution in [0.4, 0.5) is 0 Å². The molecule has 2 N–H and O–H groups in total. The highest BCUT2D eigenvalue weighted by Crippen LogP contribution is 2.33. The Morgan fingerprint density at radius 2 is 1.55 bits per heavy atom. The van der Waals surface area contributed by atoms with E-state index in [1.54, 1.807) is 14.2 Å². The Kier molecular flexibility index (Phi) is 5.54. The Labute approximate surface area is 121 Å². The van der Waals surface area contributed by atoms with E-state index >= 15 is 0 Å². The summed E-state index contributed by atoms with van der Waals surface area (Å²) in [6, 6.07) is 8.66. The molecule has 0 aromatic heterocycles. The topological polar surface area (TPSA) is 47.7 Å². The van der Waals surface area contributed by atoms with Crippen molar-refractivity contribution in [3.63, 3.8) is 0 Å². The van der Waals surface area contributed by atoms with Crippen LogP contribution in [-0.2, 0) is 22.3 Å². The van der Waals surface area contributed by atoms with E-state index in [0.717, 1.165) is 39.1 Å². The first-order valence-electron chi connectivity index (χ1n) is 7.25. The van der Waals surface area contributed by atoms with Gasteiger partial charge in [-0.1, -0.05) is 24.3 Å². The van der Waals surface area contributed by atoms with E-state index in [4.69, 9.17) is 15.2 Å². The van der Waals surface area contributed by atoms with Crippen molar-refractivity contribution >= 4 is 0 Å². The summed E-state index contributed by atoms with van der Waals surface area (Å²) in [6.45, 7) is 3.90. The zero-order valence-corrected chi connectivity index (χ0v) is 12.6. The predicted molar refractivity (Wildman–Crippen MR) is 81.0 cm³/mol. The van der Waals surface area contributed by atoms with Gasteiger partial charge in [-0.05, 0) is 24.0 Å². The largest absolute Gasteiger partial charge is 0.383 e. The van der Waals surface area contributed by atoms with Gasteiger partial charge < -0.3 is 15.2 Å². The third kappa shape index (κ3) is 3.20. The average Bonchev–Trinajstić information content (AvgIpc) is 2.87. The number of methoxy groups -OCH3 is 2. The molecule has 1 aliphatic rings. The van der Waals surface area contributed by atoms with Crippen molar-refractivity contribution in [2.24, 2.45) is 5.73 Å². The highest BCUT2D eigenvalue weighted by Gasteiger charge is 2.40. The van der Waals surface area contributed by atoms with Crippen LogP contribution in [0.3, 0.4) is 0 Å². The Morgan fingerprint density at radius 1 is 1.05 bits per heavy atom. The minimum absolute atomic E-state index is 0.0146. The van der Waals surface area contributed by atoms with Gasteiger partial charge in [-0.15, -0.1) is 0 Å². The van der Waals surface area contributed by atoms with Crippen molar-refractivity contribution in [2.45, 2.75) is 18.4 Å². The first kappa shape index (κ1) is 15.4. The normalized spacial score (nSPS) is 16.6. The number of fused-ring (bicyclic) bond motifs is 1. The molecule has 0 spiro atoms. The lowest BCUT2D eigenvalue weighted by Crippen LogP contribution is -2.56. The molecule has 0 radical (unpaired) electrons. The third-order valence-electron chi connectivity index (χ3n) is 4.34. The average molecular weight is 278 g/mol. The summed E-state index contributed by atoms with van der Waals surface area (Å²) in [4.78, 5) is 2.44. The first-order valence-corrected chi connectivity index (χ1v) is 7.25. The summed E-state index contributed by atoms with van der Waals surface area (Å²) in [6.07, 6.45) is 2.04. The van der Waals surface area contributed by atoms with Crippen molar-refractivity contribution in [2.75, 3.05) is 47.1 Å². The van der Waals surface area contributed by atoms with Crippen LogP contribution in [0.15, 0.2) is 24.3 Å². The van der Waals surface area contributed by atoms with Crippen LogP contribution in [0.5, 0.6) is 0 Å². The molecule has 0 atom stereocenters. The van der Waals surface area contributed by atoms with Gasteiger partial charge in [-0.25, -0.2) is 0 Å². The number of rotatable bonds is 8. The SMILES string of the molecule is COCCN(CCOC)C1(CN)Cc2ccccc2C1. The third-order valence-corrected chi connectivity index (χ3v) is 4.34. The molecule has 4 heteroatoms. The molecule has 0 fully saturated rings. The van der Waals surface area contributed by atoms with Gasteiger partial charge in [0.05, 0.1) is 13.2 Å². The zero-order valence-electron chi connectivity index (χ0n) is 12.6. The highest BCUT2D eigenvalue weighted by molar-refractivity contribution is 5.36. The molecule has 1 aromatic carbocycles. The quantitative estimate of drug-likeness (QED) is 0.773. The van der Waals surface area contributed by atoms with Crippen LogP contribution in [0.2, 0.25) is 0 Å². The second-order valence-corrected chi connectivity index (χ2v) is 5.52. The molecule has 20 heavy (non-hydrogen) atoms. The molecule has 4 nitrogen and oxygen atoms in total. The molecule has 112 valence electrons. The van der Waals surface area contributed by atoms with E-state index in [0.29, 0.717) is 6.54 Å². The monoisotopic (exact) mass is 278 g/mol. The van der Waals surface area contributed by atoms with Gasteiger partial charge in [0.1, 0.15) is 0 Å². The summed E-state index contributed by atoms with van der Waals surface area (Å²) in [7, 11) is 3.49. The number of nitrogens with two attached hydrogens (primary N) is 1. The van der Waals surface area contributed by atoms with Gasteiger partial charge in [-0.3, -0.25) is 4.90 Å². The minimum atomic E-state index is 0.0146. The Balaban J connectivity index is 2.16. The summed E-state index contributed by atoms with van der Waals surface area (Å²) in [5.74, 6) is 0. The van der Waals surface area contributed by atoms with Crippen molar-refractivity contribution in [3.8, 4) is 0 Å². The van der Waals surface area contributed by atoms with E-state index in [2.05, 4.69) is 29.2 Å². The maximum Gasteiger partial charge on any atom is 0.0589 e. The molecule has 1 aromatic rings. The fraction of sp³-hybridized carbons (Fsp3) is 0.625. The van der Waals surface area contributed by atoms with Crippen LogP contribution in [0.1, 0.15) is 11.1 Å². The number of benzene rings is 1. The molecule has 0 bridgehead atoms. The molecular weight excluding hydrogens is 252 g/mol. The summed E-state index contributed by atoms with van der Waals surface area (Å²) in [5.41, 5.74) is 9.04. The van der Waals surface area contributed by atoms with Crippen molar-refractivity contribution in [1.29, 1.82) is 0 Å². The predicted octanol–water partition coefficient (Wildman–Crippen LogP) is 1.08. The van der Waals surface area contributed by atoms with Gasteiger partial charge in [0.2, 0.25) is 0 Å².